The monoisotopic (exact) mass is 261 g/mol. The topological polar surface area (TPSA) is 57.6 Å². The fraction of sp³-hybridized carbons (Fsp3) is 0.917. The molecule has 1 unspecified atom stereocenters. The lowest BCUT2D eigenvalue weighted by Crippen LogP contribution is -2.29. The lowest BCUT2D eigenvalue weighted by Gasteiger charge is -2.18. The number of aliphatic carboxylic acids is 1. The molecule has 0 spiro atoms. The Bertz CT molecular complexity index is 285. The molecule has 0 aromatic carbocycles. The molecule has 1 aliphatic carbocycles. The van der Waals surface area contributed by atoms with Gasteiger partial charge in [-0.1, -0.05) is 13.8 Å². The first-order chi connectivity index (χ1) is 8.01. The first-order valence-electron chi connectivity index (χ1n) is 6.30. The quantitative estimate of drug-likeness (QED) is 0.680. The van der Waals surface area contributed by atoms with Crippen LogP contribution in [0.4, 0.5) is 0 Å². The standard InChI is InChI=1S/C12H23NO3S/c1-3-13(4-2)7-8-17(16)10-12(5-6-12)9-11(14)15/h3-10H2,1-2H3,(H,14,15). The number of carboxylic acid groups (broad SMARTS) is 1. The Hall–Kier alpha value is -0.420. The third kappa shape index (κ3) is 5.17. The van der Waals surface area contributed by atoms with Gasteiger partial charge in [0.05, 0.1) is 6.42 Å². The molecule has 4 nitrogen and oxygen atoms in total. The molecular formula is C12H23NO3S. The molecule has 0 aliphatic heterocycles. The summed E-state index contributed by atoms with van der Waals surface area (Å²) in [6.45, 7) is 7.00. The maximum atomic E-state index is 11.9. The van der Waals surface area contributed by atoms with Crippen LogP contribution < -0.4 is 0 Å². The van der Waals surface area contributed by atoms with Crippen LogP contribution >= 0.6 is 0 Å². The zero-order valence-corrected chi connectivity index (χ0v) is 11.6. The first kappa shape index (κ1) is 14.6. The van der Waals surface area contributed by atoms with Crippen molar-refractivity contribution in [2.75, 3.05) is 31.1 Å². The average Bonchev–Trinajstić information content (AvgIpc) is 2.98. The number of carboxylic acids is 1. The zero-order valence-electron chi connectivity index (χ0n) is 10.8. The third-order valence-electron chi connectivity index (χ3n) is 3.48. The highest BCUT2D eigenvalue weighted by Crippen LogP contribution is 2.49. The summed E-state index contributed by atoms with van der Waals surface area (Å²) in [6, 6.07) is 0. The Balaban J connectivity index is 2.27. The van der Waals surface area contributed by atoms with Crippen LogP contribution in [0, 0.1) is 5.41 Å². The van der Waals surface area contributed by atoms with E-state index in [-0.39, 0.29) is 11.8 Å². The molecule has 17 heavy (non-hydrogen) atoms. The molecule has 0 heterocycles. The molecule has 1 saturated carbocycles. The predicted octanol–water partition coefficient (Wildman–Crippen LogP) is 1.33. The molecule has 5 heteroatoms. The van der Waals surface area contributed by atoms with E-state index in [0.29, 0.717) is 11.5 Å². The maximum Gasteiger partial charge on any atom is 0.303 e. The summed E-state index contributed by atoms with van der Waals surface area (Å²) >= 11 is 0. The summed E-state index contributed by atoms with van der Waals surface area (Å²) in [5.74, 6) is 0.479. The van der Waals surface area contributed by atoms with Gasteiger partial charge in [-0.25, -0.2) is 0 Å². The minimum atomic E-state index is -0.872. The Kier molecular flexibility index (Phi) is 5.59. The fourth-order valence-corrected chi connectivity index (χ4v) is 3.73. The van der Waals surface area contributed by atoms with Crippen molar-refractivity contribution in [3.05, 3.63) is 0 Å². The molecule has 1 N–H and O–H groups in total. The molecule has 0 bridgehead atoms. The summed E-state index contributed by atoms with van der Waals surface area (Å²) in [4.78, 5) is 12.9. The van der Waals surface area contributed by atoms with Gasteiger partial charge < -0.3 is 10.0 Å². The normalized spacial score (nSPS) is 19.2. The van der Waals surface area contributed by atoms with Crippen molar-refractivity contribution in [2.45, 2.75) is 33.1 Å². The van der Waals surface area contributed by atoms with Gasteiger partial charge in [0.1, 0.15) is 0 Å². The summed E-state index contributed by atoms with van der Waals surface area (Å²) in [5, 5.41) is 8.79. The van der Waals surface area contributed by atoms with Crippen molar-refractivity contribution in [2.24, 2.45) is 5.41 Å². The first-order valence-corrected chi connectivity index (χ1v) is 7.79. The molecule has 100 valence electrons. The average molecular weight is 261 g/mol. The van der Waals surface area contributed by atoms with Gasteiger partial charge in [-0.05, 0) is 31.3 Å². The summed E-state index contributed by atoms with van der Waals surface area (Å²) < 4.78 is 11.9. The van der Waals surface area contributed by atoms with E-state index >= 15 is 0 Å². The molecule has 0 saturated heterocycles. The van der Waals surface area contributed by atoms with Gasteiger partial charge in [0.15, 0.2) is 0 Å². The predicted molar refractivity (Wildman–Crippen MR) is 69.6 cm³/mol. The second-order valence-corrected chi connectivity index (χ2v) is 6.46. The van der Waals surface area contributed by atoms with Gasteiger partial charge in [0, 0.05) is 28.9 Å². The molecule has 0 radical (unpaired) electrons. The Labute approximate surface area is 106 Å². The van der Waals surface area contributed by atoms with Crippen LogP contribution in [0.1, 0.15) is 33.1 Å². The van der Waals surface area contributed by atoms with Crippen molar-refractivity contribution in [3.8, 4) is 0 Å². The van der Waals surface area contributed by atoms with Crippen LogP contribution in [0.2, 0.25) is 0 Å². The number of carbonyl (C=O) groups is 1. The molecule has 0 aromatic rings. The van der Waals surface area contributed by atoms with E-state index in [0.717, 1.165) is 32.5 Å². The summed E-state index contributed by atoms with van der Waals surface area (Å²) in [7, 11) is -0.872. The van der Waals surface area contributed by atoms with Gasteiger partial charge in [0.25, 0.3) is 0 Å². The fourth-order valence-electron chi connectivity index (χ4n) is 2.05. The van der Waals surface area contributed by atoms with E-state index in [2.05, 4.69) is 18.7 Å². The molecule has 1 fully saturated rings. The minimum Gasteiger partial charge on any atom is -0.481 e. The zero-order chi connectivity index (χ0) is 12.9. The Morgan fingerprint density at radius 3 is 2.35 bits per heavy atom. The Morgan fingerprint density at radius 2 is 1.94 bits per heavy atom. The van der Waals surface area contributed by atoms with Crippen LogP contribution in [0.15, 0.2) is 0 Å². The van der Waals surface area contributed by atoms with E-state index in [1.807, 2.05) is 0 Å². The van der Waals surface area contributed by atoms with Crippen LogP contribution in [0.5, 0.6) is 0 Å². The van der Waals surface area contributed by atoms with Crippen LogP contribution in [0.3, 0.4) is 0 Å². The highest BCUT2D eigenvalue weighted by atomic mass is 32.2. The van der Waals surface area contributed by atoms with Gasteiger partial charge >= 0.3 is 5.97 Å². The lowest BCUT2D eigenvalue weighted by atomic mass is 10.1. The van der Waals surface area contributed by atoms with Crippen molar-refractivity contribution in [1.82, 2.24) is 4.90 Å². The molecular weight excluding hydrogens is 238 g/mol. The lowest BCUT2D eigenvalue weighted by molar-refractivity contribution is -0.138. The molecule has 1 atom stereocenters. The van der Waals surface area contributed by atoms with E-state index < -0.39 is 16.8 Å². The molecule has 1 rings (SSSR count). The highest BCUT2D eigenvalue weighted by Gasteiger charge is 2.45. The van der Waals surface area contributed by atoms with Crippen LogP contribution in [0.25, 0.3) is 0 Å². The number of nitrogens with zero attached hydrogens (tertiary/aromatic N) is 1. The number of rotatable bonds is 9. The highest BCUT2D eigenvalue weighted by molar-refractivity contribution is 7.85. The van der Waals surface area contributed by atoms with Gasteiger partial charge in [-0.3, -0.25) is 9.00 Å². The SMILES string of the molecule is CCN(CC)CCS(=O)CC1(CC(=O)O)CC1. The van der Waals surface area contributed by atoms with Crippen LogP contribution in [-0.4, -0.2) is 51.3 Å². The molecule has 1 aliphatic rings. The maximum absolute atomic E-state index is 11.9. The van der Waals surface area contributed by atoms with E-state index in [1.165, 1.54) is 0 Å². The second kappa shape index (κ2) is 6.50. The summed E-state index contributed by atoms with van der Waals surface area (Å²) in [6.07, 6.45) is 2.04. The molecule has 0 aromatic heterocycles. The summed E-state index contributed by atoms with van der Waals surface area (Å²) in [5.41, 5.74) is -0.139. The van der Waals surface area contributed by atoms with Crippen molar-refractivity contribution < 1.29 is 14.1 Å². The smallest absolute Gasteiger partial charge is 0.303 e. The largest absolute Gasteiger partial charge is 0.481 e. The van der Waals surface area contributed by atoms with Crippen molar-refractivity contribution in [1.29, 1.82) is 0 Å². The van der Waals surface area contributed by atoms with E-state index in [1.54, 1.807) is 0 Å². The number of hydrogen-bond donors (Lipinski definition) is 1. The van der Waals surface area contributed by atoms with Crippen molar-refractivity contribution >= 4 is 16.8 Å². The van der Waals surface area contributed by atoms with Gasteiger partial charge in [-0.2, -0.15) is 0 Å². The van der Waals surface area contributed by atoms with Gasteiger partial charge in [0.2, 0.25) is 0 Å². The third-order valence-corrected chi connectivity index (χ3v) is 5.05. The van der Waals surface area contributed by atoms with E-state index in [4.69, 9.17) is 5.11 Å². The second-order valence-electron chi connectivity index (χ2n) is 4.89. The molecule has 0 amide bonds. The minimum absolute atomic E-state index is 0.139. The van der Waals surface area contributed by atoms with Crippen LogP contribution in [-0.2, 0) is 15.6 Å². The van der Waals surface area contributed by atoms with E-state index in [9.17, 15) is 9.00 Å². The van der Waals surface area contributed by atoms with Gasteiger partial charge in [-0.15, -0.1) is 0 Å². The number of hydrogen-bond acceptors (Lipinski definition) is 3. The Morgan fingerprint density at radius 1 is 1.35 bits per heavy atom. The van der Waals surface area contributed by atoms with Crippen molar-refractivity contribution in [3.63, 3.8) is 0 Å².